The van der Waals surface area contributed by atoms with E-state index in [9.17, 15) is 4.79 Å². The van der Waals surface area contributed by atoms with Gasteiger partial charge in [-0.15, -0.1) is 5.10 Å². The SMILES string of the molecule is CC(C)CCNC(=O)CCCCn1cc(COC(C)C)nn1. The minimum atomic E-state index is 0.144. The average molecular weight is 310 g/mol. The van der Waals surface area contributed by atoms with E-state index in [0.29, 0.717) is 18.9 Å². The maximum atomic E-state index is 11.6. The first-order chi connectivity index (χ1) is 10.5. The maximum Gasteiger partial charge on any atom is 0.219 e. The van der Waals surface area contributed by atoms with Crippen molar-refractivity contribution in [2.75, 3.05) is 6.54 Å². The van der Waals surface area contributed by atoms with Crippen molar-refractivity contribution in [1.82, 2.24) is 20.3 Å². The van der Waals surface area contributed by atoms with Gasteiger partial charge in [0.05, 0.1) is 18.9 Å². The fourth-order valence-electron chi connectivity index (χ4n) is 1.91. The van der Waals surface area contributed by atoms with Gasteiger partial charge in [0.2, 0.25) is 5.91 Å². The maximum absolute atomic E-state index is 11.6. The highest BCUT2D eigenvalue weighted by Gasteiger charge is 2.04. The largest absolute Gasteiger partial charge is 0.372 e. The molecule has 0 fully saturated rings. The van der Waals surface area contributed by atoms with E-state index in [-0.39, 0.29) is 12.0 Å². The van der Waals surface area contributed by atoms with Crippen LogP contribution >= 0.6 is 0 Å². The molecule has 6 nitrogen and oxygen atoms in total. The molecule has 1 rings (SSSR count). The van der Waals surface area contributed by atoms with Crippen molar-refractivity contribution in [3.63, 3.8) is 0 Å². The molecule has 0 aliphatic rings. The normalized spacial score (nSPS) is 11.4. The van der Waals surface area contributed by atoms with E-state index in [4.69, 9.17) is 4.74 Å². The van der Waals surface area contributed by atoms with Gasteiger partial charge in [0.1, 0.15) is 5.69 Å². The van der Waals surface area contributed by atoms with Gasteiger partial charge in [-0.05, 0) is 39.0 Å². The number of unbranched alkanes of at least 4 members (excludes halogenated alkanes) is 1. The highest BCUT2D eigenvalue weighted by atomic mass is 16.5. The molecule has 126 valence electrons. The van der Waals surface area contributed by atoms with Crippen LogP contribution in [0.1, 0.15) is 59.1 Å². The molecule has 1 aromatic rings. The van der Waals surface area contributed by atoms with E-state index in [0.717, 1.165) is 38.0 Å². The van der Waals surface area contributed by atoms with Crippen LogP contribution < -0.4 is 5.32 Å². The van der Waals surface area contributed by atoms with Crippen molar-refractivity contribution in [1.29, 1.82) is 0 Å². The number of hydrogen-bond donors (Lipinski definition) is 1. The Morgan fingerprint density at radius 2 is 2.09 bits per heavy atom. The first-order valence-electron chi connectivity index (χ1n) is 8.24. The summed E-state index contributed by atoms with van der Waals surface area (Å²) in [5.74, 6) is 0.770. The first-order valence-corrected chi connectivity index (χ1v) is 8.24. The number of aryl methyl sites for hydroxylation is 1. The van der Waals surface area contributed by atoms with Gasteiger partial charge in [-0.3, -0.25) is 9.48 Å². The van der Waals surface area contributed by atoms with E-state index >= 15 is 0 Å². The predicted molar refractivity (Wildman–Crippen MR) is 86.3 cm³/mol. The molecule has 0 aliphatic carbocycles. The Hall–Kier alpha value is -1.43. The summed E-state index contributed by atoms with van der Waals surface area (Å²) in [6.45, 7) is 10.4. The van der Waals surface area contributed by atoms with Gasteiger partial charge in [0.15, 0.2) is 0 Å². The van der Waals surface area contributed by atoms with E-state index < -0.39 is 0 Å². The van der Waals surface area contributed by atoms with Crippen LogP contribution in [-0.4, -0.2) is 33.5 Å². The Morgan fingerprint density at radius 3 is 2.77 bits per heavy atom. The van der Waals surface area contributed by atoms with Crippen LogP contribution in [0.3, 0.4) is 0 Å². The number of carbonyl (C=O) groups excluding carboxylic acids is 1. The van der Waals surface area contributed by atoms with E-state index in [1.165, 1.54) is 0 Å². The molecule has 0 bridgehead atoms. The first kappa shape index (κ1) is 18.6. The van der Waals surface area contributed by atoms with Crippen LogP contribution in [-0.2, 0) is 22.7 Å². The molecule has 1 amide bonds. The number of ether oxygens (including phenoxy) is 1. The molecule has 0 radical (unpaired) electrons. The van der Waals surface area contributed by atoms with Crippen molar-refractivity contribution >= 4 is 5.91 Å². The summed E-state index contributed by atoms with van der Waals surface area (Å²) in [7, 11) is 0. The summed E-state index contributed by atoms with van der Waals surface area (Å²) in [5, 5.41) is 11.1. The van der Waals surface area contributed by atoms with Crippen LogP contribution in [0.25, 0.3) is 0 Å². The molecular formula is C16H30N4O2. The van der Waals surface area contributed by atoms with E-state index in [1.54, 1.807) is 0 Å². The summed E-state index contributed by atoms with van der Waals surface area (Å²) >= 11 is 0. The van der Waals surface area contributed by atoms with Crippen molar-refractivity contribution in [2.24, 2.45) is 5.92 Å². The minimum absolute atomic E-state index is 0.144. The van der Waals surface area contributed by atoms with Crippen molar-refractivity contribution in [3.8, 4) is 0 Å². The molecule has 0 saturated heterocycles. The van der Waals surface area contributed by atoms with Gasteiger partial charge in [0, 0.05) is 19.5 Å². The lowest BCUT2D eigenvalue weighted by Gasteiger charge is -2.07. The molecule has 0 aromatic carbocycles. The van der Waals surface area contributed by atoms with E-state index in [1.807, 2.05) is 24.7 Å². The van der Waals surface area contributed by atoms with Gasteiger partial charge in [-0.25, -0.2) is 0 Å². The van der Waals surface area contributed by atoms with Crippen LogP contribution in [0.15, 0.2) is 6.20 Å². The topological polar surface area (TPSA) is 69.0 Å². The molecule has 1 aromatic heterocycles. The molecule has 0 spiro atoms. The lowest BCUT2D eigenvalue weighted by Crippen LogP contribution is -2.25. The third kappa shape index (κ3) is 8.77. The second kappa shape index (κ2) is 10.3. The Kier molecular flexibility index (Phi) is 8.74. The molecule has 6 heteroatoms. The standard InChI is InChI=1S/C16H30N4O2/c1-13(2)8-9-17-16(21)7-5-6-10-20-11-15(18-19-20)12-22-14(3)4/h11,13-14H,5-10,12H2,1-4H3,(H,17,21). The molecule has 0 saturated carbocycles. The predicted octanol–water partition coefficient (Wildman–Crippen LogP) is 2.54. The van der Waals surface area contributed by atoms with Crippen molar-refractivity contribution in [3.05, 3.63) is 11.9 Å². The fraction of sp³-hybridized carbons (Fsp3) is 0.812. The third-order valence-electron chi connectivity index (χ3n) is 3.24. The molecule has 1 N–H and O–H groups in total. The summed E-state index contributed by atoms with van der Waals surface area (Å²) in [4.78, 5) is 11.6. The van der Waals surface area contributed by atoms with Gasteiger partial charge in [-0.1, -0.05) is 19.1 Å². The summed E-state index contributed by atoms with van der Waals surface area (Å²) in [6, 6.07) is 0. The summed E-state index contributed by atoms with van der Waals surface area (Å²) < 4.78 is 7.30. The lowest BCUT2D eigenvalue weighted by molar-refractivity contribution is -0.121. The van der Waals surface area contributed by atoms with Gasteiger partial charge >= 0.3 is 0 Å². The zero-order valence-corrected chi connectivity index (χ0v) is 14.3. The van der Waals surface area contributed by atoms with Gasteiger partial charge < -0.3 is 10.1 Å². The minimum Gasteiger partial charge on any atom is -0.372 e. The molecule has 1 heterocycles. The lowest BCUT2D eigenvalue weighted by atomic mass is 10.1. The number of rotatable bonds is 11. The highest BCUT2D eigenvalue weighted by molar-refractivity contribution is 5.75. The fourth-order valence-corrected chi connectivity index (χ4v) is 1.91. The van der Waals surface area contributed by atoms with Crippen LogP contribution in [0, 0.1) is 5.92 Å². The van der Waals surface area contributed by atoms with Crippen LogP contribution in [0.5, 0.6) is 0 Å². The van der Waals surface area contributed by atoms with Crippen LogP contribution in [0.4, 0.5) is 0 Å². The number of amides is 1. The smallest absolute Gasteiger partial charge is 0.219 e. The second-order valence-electron chi connectivity index (χ2n) is 6.32. The van der Waals surface area contributed by atoms with E-state index in [2.05, 4.69) is 29.5 Å². The Morgan fingerprint density at radius 1 is 1.32 bits per heavy atom. The Bertz CT molecular complexity index is 430. The van der Waals surface area contributed by atoms with Gasteiger partial charge in [-0.2, -0.15) is 0 Å². The number of aromatic nitrogens is 3. The second-order valence-corrected chi connectivity index (χ2v) is 6.32. The highest BCUT2D eigenvalue weighted by Crippen LogP contribution is 2.03. The molecule has 0 aliphatic heterocycles. The Balaban J connectivity index is 2.10. The number of carbonyl (C=O) groups is 1. The van der Waals surface area contributed by atoms with Crippen molar-refractivity contribution in [2.45, 2.75) is 72.6 Å². The zero-order valence-electron chi connectivity index (χ0n) is 14.3. The number of nitrogens with one attached hydrogen (secondary N) is 1. The zero-order chi connectivity index (χ0) is 16.4. The third-order valence-corrected chi connectivity index (χ3v) is 3.24. The van der Waals surface area contributed by atoms with Crippen molar-refractivity contribution < 1.29 is 9.53 Å². The molecule has 0 atom stereocenters. The average Bonchev–Trinajstić information content (AvgIpc) is 2.89. The molecule has 0 unspecified atom stereocenters. The molecule has 22 heavy (non-hydrogen) atoms. The monoisotopic (exact) mass is 310 g/mol. The number of hydrogen-bond acceptors (Lipinski definition) is 4. The Labute approximate surface area is 133 Å². The van der Waals surface area contributed by atoms with Gasteiger partial charge in [0.25, 0.3) is 0 Å². The summed E-state index contributed by atoms with van der Waals surface area (Å²) in [6.07, 6.45) is 5.50. The number of nitrogens with zero attached hydrogens (tertiary/aromatic N) is 3. The summed E-state index contributed by atoms with van der Waals surface area (Å²) in [5.41, 5.74) is 0.847. The van der Waals surface area contributed by atoms with Crippen LogP contribution in [0.2, 0.25) is 0 Å². The quantitative estimate of drug-likeness (QED) is 0.638. The molecular weight excluding hydrogens is 280 g/mol.